The molecule has 4 aliphatic rings. The maximum absolute atomic E-state index is 14.3. The van der Waals surface area contributed by atoms with Gasteiger partial charge in [-0.2, -0.15) is 0 Å². The van der Waals surface area contributed by atoms with Crippen LogP contribution in [0.4, 0.5) is 0 Å². The lowest BCUT2D eigenvalue weighted by atomic mass is 9.73. The van der Waals surface area contributed by atoms with E-state index in [1.165, 1.54) is 0 Å². The summed E-state index contributed by atoms with van der Waals surface area (Å²) in [6, 6.07) is -1.49. The number of carbonyl (C=O) groups excluding carboxylic acids is 3. The molecule has 8 heteroatoms. The number of rotatable bonds is 9. The van der Waals surface area contributed by atoms with Crippen molar-refractivity contribution in [1.29, 1.82) is 0 Å². The van der Waals surface area contributed by atoms with Crippen LogP contribution in [0.3, 0.4) is 0 Å². The number of nitrogens with zero attached hydrogens (tertiary/aromatic N) is 2. The third-order valence-corrected chi connectivity index (χ3v) is 8.59. The Morgan fingerprint density at radius 1 is 1.09 bits per heavy atom. The number of hydrogen-bond donors (Lipinski definition) is 1. The van der Waals surface area contributed by atoms with Crippen LogP contribution < -0.4 is 0 Å². The van der Waals surface area contributed by atoms with Crippen molar-refractivity contribution in [3.05, 3.63) is 24.3 Å². The fourth-order valence-corrected chi connectivity index (χ4v) is 6.51. The average molecular weight is 489 g/mol. The number of amides is 2. The molecule has 4 aliphatic heterocycles. The molecule has 0 bridgehead atoms. The number of esters is 1. The maximum atomic E-state index is 14.3. The van der Waals surface area contributed by atoms with Gasteiger partial charge in [-0.05, 0) is 24.8 Å². The van der Waals surface area contributed by atoms with E-state index < -0.39 is 41.1 Å². The van der Waals surface area contributed by atoms with Crippen LogP contribution in [0, 0.1) is 17.8 Å². The summed E-state index contributed by atoms with van der Waals surface area (Å²) in [4.78, 5) is 45.1. The quantitative estimate of drug-likeness (QED) is 0.304. The largest absolute Gasteiger partial charge is 0.461 e. The molecule has 0 saturated carbocycles. The first-order valence-corrected chi connectivity index (χ1v) is 13.3. The third kappa shape index (κ3) is 3.93. The van der Waals surface area contributed by atoms with Crippen molar-refractivity contribution in [1.82, 2.24) is 9.80 Å². The van der Waals surface area contributed by atoms with Gasteiger partial charge in [0, 0.05) is 13.1 Å². The number of cyclic esters (lactones) is 1. The topological polar surface area (TPSA) is 96.4 Å². The molecule has 1 N–H and O–H groups in total. The van der Waals surface area contributed by atoms with Gasteiger partial charge in [0.1, 0.15) is 29.8 Å². The first-order valence-electron chi connectivity index (χ1n) is 13.3. The standard InChI is InChI=1S/C27H40N2O6/c1-5-8-9-14-28-15-10-13-27-20(21-25(33)34-16-11-12-26(21,7-3)35-27)23(31)29(22(27)24(28)32)19(17-30)18(4)6-2/h10-13,18-22,30H,5-9,14-17H2,1-4H3/t18-,19-,20-,21-,22?,26+,27-/m0/s1. The van der Waals surface area contributed by atoms with E-state index in [-0.39, 0.29) is 30.9 Å². The SMILES string of the molecule is CCCCCN1CC=C[C@]23O[C@]4(CC)C=CCOC(=O)[C@@H]4[C@H]2C(=O)N([C@@H](CO)[C@@H](C)CC)C3C1=O. The molecule has 0 aromatic carbocycles. The van der Waals surface area contributed by atoms with Gasteiger partial charge >= 0.3 is 5.97 Å². The van der Waals surface area contributed by atoms with E-state index in [0.717, 1.165) is 25.7 Å². The van der Waals surface area contributed by atoms with Crippen molar-refractivity contribution < 1.29 is 29.0 Å². The van der Waals surface area contributed by atoms with Gasteiger partial charge in [-0.3, -0.25) is 14.4 Å². The molecule has 2 saturated heterocycles. The van der Waals surface area contributed by atoms with Gasteiger partial charge in [0.2, 0.25) is 11.8 Å². The number of carbonyl (C=O) groups is 3. The Morgan fingerprint density at radius 2 is 1.86 bits per heavy atom. The minimum Gasteiger partial charge on any atom is -0.461 e. The van der Waals surface area contributed by atoms with Crippen LogP contribution in [0.5, 0.6) is 0 Å². The number of unbranched alkanes of at least 4 members (excludes halogenated alkanes) is 2. The van der Waals surface area contributed by atoms with E-state index >= 15 is 0 Å². The number of ether oxygens (including phenoxy) is 2. The van der Waals surface area contributed by atoms with Gasteiger partial charge in [0.25, 0.3) is 0 Å². The second kappa shape index (κ2) is 10.1. The molecular formula is C27H40N2O6. The lowest BCUT2D eigenvalue weighted by Crippen LogP contribution is -2.60. The Bertz CT molecular complexity index is 902. The van der Waals surface area contributed by atoms with Gasteiger partial charge in [-0.25, -0.2) is 0 Å². The van der Waals surface area contributed by atoms with Crippen LogP contribution in [0.1, 0.15) is 59.8 Å². The third-order valence-electron chi connectivity index (χ3n) is 8.59. The van der Waals surface area contributed by atoms with Gasteiger partial charge < -0.3 is 24.4 Å². The lowest BCUT2D eigenvalue weighted by molar-refractivity contribution is -0.162. The second-order valence-electron chi connectivity index (χ2n) is 10.4. The molecule has 0 aromatic rings. The van der Waals surface area contributed by atoms with Crippen LogP contribution in [-0.4, -0.2) is 82.3 Å². The zero-order chi connectivity index (χ0) is 25.4. The van der Waals surface area contributed by atoms with Crippen molar-refractivity contribution >= 4 is 17.8 Å². The Balaban J connectivity index is 1.86. The minimum absolute atomic E-state index is 0.0367. The summed E-state index contributed by atoms with van der Waals surface area (Å²) in [6.45, 7) is 8.91. The first-order chi connectivity index (χ1) is 16.8. The highest BCUT2D eigenvalue weighted by molar-refractivity contribution is 5.99. The van der Waals surface area contributed by atoms with Crippen LogP contribution in [0.15, 0.2) is 24.3 Å². The normalized spacial score (nSPS) is 35.8. The molecule has 194 valence electrons. The van der Waals surface area contributed by atoms with Crippen molar-refractivity contribution in [3.8, 4) is 0 Å². The summed E-state index contributed by atoms with van der Waals surface area (Å²) in [6.07, 6.45) is 11.5. The number of fused-ring (bicyclic) bond motifs is 2. The first kappa shape index (κ1) is 25.9. The molecular weight excluding hydrogens is 448 g/mol. The van der Waals surface area contributed by atoms with E-state index in [1.807, 2.05) is 39.0 Å². The summed E-state index contributed by atoms with van der Waals surface area (Å²) in [5, 5.41) is 10.4. The fraction of sp³-hybridized carbons (Fsp3) is 0.741. The van der Waals surface area contributed by atoms with E-state index in [1.54, 1.807) is 15.9 Å². The van der Waals surface area contributed by atoms with E-state index in [2.05, 4.69) is 6.92 Å². The monoisotopic (exact) mass is 488 g/mol. The van der Waals surface area contributed by atoms with Crippen LogP contribution >= 0.6 is 0 Å². The van der Waals surface area contributed by atoms with Crippen LogP contribution in [0.25, 0.3) is 0 Å². The molecule has 8 nitrogen and oxygen atoms in total. The molecule has 35 heavy (non-hydrogen) atoms. The Kier molecular flexibility index (Phi) is 7.44. The highest BCUT2D eigenvalue weighted by Crippen LogP contribution is 2.59. The van der Waals surface area contributed by atoms with Crippen molar-refractivity contribution in [2.45, 2.75) is 83.1 Å². The molecule has 1 unspecified atom stereocenters. The molecule has 0 aliphatic carbocycles. The molecule has 0 radical (unpaired) electrons. The summed E-state index contributed by atoms with van der Waals surface area (Å²) in [7, 11) is 0. The van der Waals surface area contributed by atoms with Crippen molar-refractivity contribution in [2.24, 2.45) is 17.8 Å². The Hall–Kier alpha value is -2.19. The average Bonchev–Trinajstić information content (AvgIpc) is 3.13. The molecule has 2 fully saturated rings. The molecule has 7 atom stereocenters. The number of aliphatic hydroxyl groups excluding tert-OH is 1. The smallest absolute Gasteiger partial charge is 0.313 e. The predicted octanol–water partition coefficient (Wildman–Crippen LogP) is 2.46. The van der Waals surface area contributed by atoms with Gasteiger partial charge in [-0.1, -0.05) is 65.2 Å². The zero-order valence-electron chi connectivity index (χ0n) is 21.4. The minimum atomic E-state index is -1.30. The molecule has 4 heterocycles. The number of likely N-dealkylation sites (tertiary alicyclic amines) is 1. The molecule has 0 aromatic heterocycles. The molecule has 2 amide bonds. The summed E-state index contributed by atoms with van der Waals surface area (Å²) in [5.41, 5.74) is -2.32. The highest BCUT2D eigenvalue weighted by Gasteiger charge is 2.76. The van der Waals surface area contributed by atoms with Crippen LogP contribution in [-0.2, 0) is 23.9 Å². The number of aliphatic hydroxyl groups is 1. The van der Waals surface area contributed by atoms with E-state index in [9.17, 15) is 19.5 Å². The Labute approximate surface area is 208 Å². The maximum Gasteiger partial charge on any atom is 0.313 e. The van der Waals surface area contributed by atoms with Crippen LogP contribution in [0.2, 0.25) is 0 Å². The van der Waals surface area contributed by atoms with Gasteiger partial charge in [0.05, 0.1) is 18.6 Å². The molecule has 1 spiro atoms. The van der Waals surface area contributed by atoms with Gasteiger partial charge in [-0.15, -0.1) is 0 Å². The lowest BCUT2D eigenvalue weighted by Gasteiger charge is -2.42. The summed E-state index contributed by atoms with van der Waals surface area (Å²) >= 11 is 0. The fourth-order valence-electron chi connectivity index (χ4n) is 6.51. The molecule has 4 rings (SSSR count). The van der Waals surface area contributed by atoms with Crippen molar-refractivity contribution in [3.63, 3.8) is 0 Å². The van der Waals surface area contributed by atoms with Gasteiger partial charge in [0.15, 0.2) is 0 Å². The predicted molar refractivity (Wildman–Crippen MR) is 130 cm³/mol. The second-order valence-corrected chi connectivity index (χ2v) is 10.4. The van der Waals surface area contributed by atoms with Crippen molar-refractivity contribution in [2.75, 3.05) is 26.3 Å². The summed E-state index contributed by atoms with van der Waals surface area (Å²) in [5.74, 6) is -2.74. The Morgan fingerprint density at radius 3 is 2.51 bits per heavy atom. The van der Waals surface area contributed by atoms with E-state index in [4.69, 9.17) is 9.47 Å². The summed E-state index contributed by atoms with van der Waals surface area (Å²) < 4.78 is 12.3. The zero-order valence-corrected chi connectivity index (χ0v) is 21.4. The number of hydrogen-bond acceptors (Lipinski definition) is 6. The van der Waals surface area contributed by atoms with E-state index in [0.29, 0.717) is 19.5 Å². The highest BCUT2D eigenvalue weighted by atomic mass is 16.6.